The van der Waals surface area contributed by atoms with E-state index in [2.05, 4.69) is 34.6 Å². The lowest BCUT2D eigenvalue weighted by Gasteiger charge is -2.70. The van der Waals surface area contributed by atoms with Gasteiger partial charge in [0.2, 0.25) is 0 Å². The number of ether oxygens (including phenoxy) is 1. The van der Waals surface area contributed by atoms with Gasteiger partial charge in [0.15, 0.2) is 5.78 Å². The van der Waals surface area contributed by atoms with E-state index in [4.69, 9.17) is 4.74 Å². The van der Waals surface area contributed by atoms with Crippen molar-refractivity contribution in [1.82, 2.24) is 0 Å². The van der Waals surface area contributed by atoms with Gasteiger partial charge >= 0.3 is 5.97 Å². The Hall–Kier alpha value is -1.49. The van der Waals surface area contributed by atoms with Crippen molar-refractivity contribution in [2.75, 3.05) is 0 Å². The molecule has 3 fully saturated rings. The summed E-state index contributed by atoms with van der Waals surface area (Å²) in [6.45, 7) is 15.0. The van der Waals surface area contributed by atoms with Crippen LogP contribution in [0.3, 0.4) is 0 Å². The normalized spacial score (nSPS) is 45.1. The number of ketones is 1. The minimum absolute atomic E-state index is 0.000671. The summed E-state index contributed by atoms with van der Waals surface area (Å²) in [5.41, 5.74) is 0.348. The molecule has 9 atom stereocenters. The molecule has 0 bridgehead atoms. The first kappa shape index (κ1) is 26.6. The van der Waals surface area contributed by atoms with Gasteiger partial charge in [0, 0.05) is 11.0 Å². The smallest absolute Gasteiger partial charge is 0.308 e. The molecule has 5 heteroatoms. The minimum atomic E-state index is -0.781. The van der Waals surface area contributed by atoms with Gasteiger partial charge in [0.25, 0.3) is 0 Å². The van der Waals surface area contributed by atoms with Crippen molar-refractivity contribution >= 4 is 18.0 Å². The van der Waals surface area contributed by atoms with Crippen molar-refractivity contribution in [3.8, 4) is 0 Å². The molecule has 5 nitrogen and oxygen atoms in total. The summed E-state index contributed by atoms with van der Waals surface area (Å²) >= 11 is 0. The quantitative estimate of drug-likeness (QED) is 0.399. The van der Waals surface area contributed by atoms with Crippen molar-refractivity contribution in [2.24, 2.45) is 45.3 Å². The first-order valence-electron chi connectivity index (χ1n) is 13.8. The maximum absolute atomic E-state index is 12.9. The average molecular weight is 487 g/mol. The molecule has 0 aliphatic heterocycles. The number of allylic oxidation sites excluding steroid dienone is 2. The molecule has 35 heavy (non-hydrogen) atoms. The Balaban J connectivity index is 1.83. The lowest BCUT2D eigenvalue weighted by molar-refractivity contribution is -0.239. The third-order valence-corrected chi connectivity index (χ3v) is 11.4. The van der Waals surface area contributed by atoms with E-state index in [1.54, 1.807) is 6.92 Å². The van der Waals surface area contributed by atoms with E-state index in [9.17, 15) is 19.5 Å². The van der Waals surface area contributed by atoms with Gasteiger partial charge in [0.05, 0.1) is 18.4 Å². The highest BCUT2D eigenvalue weighted by molar-refractivity contribution is 5.97. The number of aliphatic hydroxyl groups excluding tert-OH is 1. The molecular formula is C30H46O5. The molecule has 0 aromatic heterocycles. The molecule has 0 saturated heterocycles. The number of carbonyl (C=O) groups excluding carboxylic acids is 3. The number of aliphatic hydroxyl groups is 1. The standard InChI is InChI=1S/C30H46O5/c1-18(32)15-26(34)35-25-16-24-28(5)13-8-12-27(3,4)22(28)11-14-29(24,6)23-10-9-20(19(2)33)21(17-31)30(23,25)7/h9,17-18,21-25,32H,8,10-16H2,1-7H3/t18-,21-,22-,23-,24-,25+,28-,29-,30+/m0/s1. The van der Waals surface area contributed by atoms with E-state index in [1.165, 1.54) is 32.6 Å². The van der Waals surface area contributed by atoms with Crippen LogP contribution in [0, 0.1) is 45.3 Å². The molecule has 3 saturated carbocycles. The highest BCUT2D eigenvalue weighted by atomic mass is 16.5. The Labute approximate surface area is 211 Å². The van der Waals surface area contributed by atoms with Gasteiger partial charge in [-0.15, -0.1) is 0 Å². The van der Waals surface area contributed by atoms with Crippen LogP contribution in [0.4, 0.5) is 0 Å². The van der Waals surface area contributed by atoms with Crippen molar-refractivity contribution < 1.29 is 24.2 Å². The Morgan fingerprint density at radius 3 is 2.34 bits per heavy atom. The minimum Gasteiger partial charge on any atom is -0.462 e. The highest BCUT2D eigenvalue weighted by Gasteiger charge is 2.69. The number of rotatable bonds is 5. The van der Waals surface area contributed by atoms with Gasteiger partial charge in [-0.1, -0.05) is 47.1 Å². The molecule has 0 amide bonds. The van der Waals surface area contributed by atoms with E-state index in [0.717, 1.165) is 19.1 Å². The first-order valence-corrected chi connectivity index (χ1v) is 13.8. The predicted octanol–water partition coefficient (Wildman–Crippen LogP) is 5.68. The molecular weight excluding hydrogens is 440 g/mol. The van der Waals surface area contributed by atoms with Crippen molar-refractivity contribution in [3.05, 3.63) is 11.6 Å². The van der Waals surface area contributed by atoms with Gasteiger partial charge in [-0.25, -0.2) is 0 Å². The number of carbonyl (C=O) groups is 3. The molecule has 4 aliphatic rings. The van der Waals surface area contributed by atoms with E-state index in [-0.39, 0.29) is 34.4 Å². The maximum atomic E-state index is 12.9. The Morgan fingerprint density at radius 1 is 1.09 bits per heavy atom. The van der Waals surface area contributed by atoms with Crippen LogP contribution in [-0.4, -0.2) is 35.4 Å². The lowest BCUT2D eigenvalue weighted by atomic mass is 9.34. The van der Waals surface area contributed by atoms with Crippen LogP contribution in [0.25, 0.3) is 0 Å². The molecule has 0 heterocycles. The van der Waals surface area contributed by atoms with Crippen LogP contribution in [0.5, 0.6) is 0 Å². The second-order valence-electron chi connectivity index (χ2n) is 13.7. The SMILES string of the molecule is CC(=O)C1=CC[C@H]2[C@]3(C)CC[C@H]4C(C)(C)CCC[C@]4(C)[C@@H]3C[C@@H](OC(=O)C[C@H](C)O)[C@]2(C)[C@H]1C=O. The maximum Gasteiger partial charge on any atom is 0.308 e. The van der Waals surface area contributed by atoms with Crippen molar-refractivity contribution in [1.29, 1.82) is 0 Å². The number of fused-ring (bicyclic) bond motifs is 5. The van der Waals surface area contributed by atoms with Gasteiger partial charge in [-0.3, -0.25) is 9.59 Å². The number of esters is 1. The van der Waals surface area contributed by atoms with Crippen LogP contribution >= 0.6 is 0 Å². The molecule has 0 unspecified atom stereocenters. The van der Waals surface area contributed by atoms with Crippen LogP contribution < -0.4 is 0 Å². The molecule has 196 valence electrons. The van der Waals surface area contributed by atoms with Gasteiger partial charge in [0.1, 0.15) is 12.4 Å². The summed E-state index contributed by atoms with van der Waals surface area (Å²) in [4.78, 5) is 38.1. The second kappa shape index (κ2) is 8.82. The predicted molar refractivity (Wildman–Crippen MR) is 135 cm³/mol. The summed E-state index contributed by atoms with van der Waals surface area (Å²) in [5.74, 6) is 0.0453. The van der Waals surface area contributed by atoms with E-state index in [1.807, 2.05) is 6.08 Å². The van der Waals surface area contributed by atoms with Gasteiger partial charge in [-0.05, 0) is 86.4 Å². The summed E-state index contributed by atoms with van der Waals surface area (Å²) in [6, 6.07) is 0. The molecule has 0 aromatic rings. The summed E-state index contributed by atoms with van der Waals surface area (Å²) in [7, 11) is 0. The third-order valence-electron chi connectivity index (χ3n) is 11.4. The zero-order chi connectivity index (χ0) is 26.0. The molecule has 4 aliphatic carbocycles. The van der Waals surface area contributed by atoms with Crippen LogP contribution in [0.2, 0.25) is 0 Å². The number of Topliss-reactive ketones (excluding diaryl/α,β-unsaturated/α-hetero) is 1. The lowest BCUT2D eigenvalue weighted by Crippen LogP contribution is -2.67. The first-order chi connectivity index (χ1) is 16.2. The van der Waals surface area contributed by atoms with Crippen LogP contribution in [0.1, 0.15) is 99.8 Å². The molecule has 0 radical (unpaired) electrons. The topological polar surface area (TPSA) is 80.7 Å². The zero-order valence-electron chi connectivity index (χ0n) is 22.9. The molecule has 1 N–H and O–H groups in total. The Morgan fingerprint density at radius 2 is 1.74 bits per heavy atom. The van der Waals surface area contributed by atoms with Gasteiger partial charge < -0.3 is 14.6 Å². The number of aldehydes is 1. The monoisotopic (exact) mass is 486 g/mol. The largest absolute Gasteiger partial charge is 0.462 e. The summed E-state index contributed by atoms with van der Waals surface area (Å²) in [6.07, 6.45) is 9.02. The van der Waals surface area contributed by atoms with E-state index in [0.29, 0.717) is 23.8 Å². The van der Waals surface area contributed by atoms with Crippen molar-refractivity contribution in [3.63, 3.8) is 0 Å². The fraction of sp³-hybridized carbons (Fsp3) is 0.833. The van der Waals surface area contributed by atoms with Crippen molar-refractivity contribution in [2.45, 2.75) is 112 Å². The third kappa shape index (κ3) is 3.95. The molecule has 4 rings (SSSR count). The summed E-state index contributed by atoms with van der Waals surface area (Å²) < 4.78 is 6.21. The molecule has 0 spiro atoms. The Bertz CT molecular complexity index is 918. The number of hydrogen-bond acceptors (Lipinski definition) is 5. The fourth-order valence-electron chi connectivity index (χ4n) is 9.90. The summed E-state index contributed by atoms with van der Waals surface area (Å²) in [5, 5.41) is 9.83. The van der Waals surface area contributed by atoms with Crippen LogP contribution in [-0.2, 0) is 19.1 Å². The fourth-order valence-corrected chi connectivity index (χ4v) is 9.90. The Kier molecular flexibility index (Phi) is 6.69. The van der Waals surface area contributed by atoms with E-state index < -0.39 is 29.5 Å². The highest BCUT2D eigenvalue weighted by Crippen LogP contribution is 2.73. The number of hydrogen-bond donors (Lipinski definition) is 1. The van der Waals surface area contributed by atoms with Gasteiger partial charge in [-0.2, -0.15) is 0 Å². The van der Waals surface area contributed by atoms with Crippen LogP contribution in [0.15, 0.2) is 11.6 Å². The van der Waals surface area contributed by atoms with E-state index >= 15 is 0 Å². The second-order valence-corrected chi connectivity index (χ2v) is 13.7. The average Bonchev–Trinajstić information content (AvgIpc) is 2.73. The molecule has 0 aromatic carbocycles. The zero-order valence-corrected chi connectivity index (χ0v) is 22.9.